The predicted octanol–water partition coefficient (Wildman–Crippen LogP) is 0.503. The van der Waals surface area contributed by atoms with Crippen molar-refractivity contribution in [2.24, 2.45) is 5.41 Å². The Hall–Kier alpha value is -1.40. The number of hydrogen-bond donors (Lipinski definition) is 1. The molecule has 21 heavy (non-hydrogen) atoms. The van der Waals surface area contributed by atoms with E-state index in [9.17, 15) is 0 Å². The summed E-state index contributed by atoms with van der Waals surface area (Å²) in [5.74, 6) is 2.11. The van der Waals surface area contributed by atoms with Crippen LogP contribution in [0.25, 0.3) is 0 Å². The fourth-order valence-electron chi connectivity index (χ4n) is 3.52. The Morgan fingerprint density at radius 3 is 2.14 bits per heavy atom. The molecule has 0 unspecified atom stereocenters. The Kier molecular flexibility index (Phi) is 3.43. The van der Waals surface area contributed by atoms with Gasteiger partial charge in [-0.15, -0.1) is 0 Å². The third kappa shape index (κ3) is 2.58. The van der Waals surface area contributed by atoms with Crippen LogP contribution in [0.4, 0.5) is 11.6 Å². The second-order valence-electron chi connectivity index (χ2n) is 6.42. The smallest absolute Gasteiger partial charge is 0.134 e. The molecular formula is C15H23N5O. The van der Waals surface area contributed by atoms with Crippen molar-refractivity contribution in [1.82, 2.24) is 15.3 Å². The summed E-state index contributed by atoms with van der Waals surface area (Å²) in [6, 6.07) is 2.14. The quantitative estimate of drug-likeness (QED) is 0.856. The molecule has 1 N–H and O–H groups in total. The Labute approximate surface area is 125 Å². The Morgan fingerprint density at radius 1 is 0.952 bits per heavy atom. The molecule has 114 valence electrons. The summed E-state index contributed by atoms with van der Waals surface area (Å²) in [7, 11) is 0. The van der Waals surface area contributed by atoms with E-state index in [1.807, 2.05) is 0 Å². The van der Waals surface area contributed by atoms with Gasteiger partial charge in [0.05, 0.1) is 13.2 Å². The molecule has 3 fully saturated rings. The van der Waals surface area contributed by atoms with Gasteiger partial charge in [-0.1, -0.05) is 0 Å². The normalized spacial score (nSPS) is 25.0. The van der Waals surface area contributed by atoms with Crippen LogP contribution in [-0.4, -0.2) is 62.5 Å². The van der Waals surface area contributed by atoms with E-state index in [0.717, 1.165) is 51.0 Å². The van der Waals surface area contributed by atoms with Gasteiger partial charge in [0.2, 0.25) is 0 Å². The van der Waals surface area contributed by atoms with E-state index in [0.29, 0.717) is 5.41 Å². The molecule has 6 nitrogen and oxygen atoms in total. The van der Waals surface area contributed by atoms with Crippen molar-refractivity contribution in [2.75, 3.05) is 62.3 Å². The fraction of sp³-hybridized carbons (Fsp3) is 0.733. The van der Waals surface area contributed by atoms with Gasteiger partial charge in [0.25, 0.3) is 0 Å². The Bertz CT molecular complexity index is 489. The molecule has 0 aliphatic carbocycles. The zero-order valence-corrected chi connectivity index (χ0v) is 12.4. The lowest BCUT2D eigenvalue weighted by Crippen LogP contribution is -2.58. The molecule has 0 atom stereocenters. The van der Waals surface area contributed by atoms with Crippen LogP contribution < -0.4 is 15.1 Å². The average molecular weight is 289 g/mol. The maximum Gasteiger partial charge on any atom is 0.134 e. The summed E-state index contributed by atoms with van der Waals surface area (Å²) in [5.41, 5.74) is 0.580. The molecular weight excluding hydrogens is 266 g/mol. The maximum atomic E-state index is 5.41. The van der Waals surface area contributed by atoms with E-state index in [1.165, 1.54) is 25.9 Å². The van der Waals surface area contributed by atoms with Crippen molar-refractivity contribution < 1.29 is 4.74 Å². The van der Waals surface area contributed by atoms with Gasteiger partial charge in [-0.2, -0.15) is 0 Å². The number of nitrogens with zero attached hydrogens (tertiary/aromatic N) is 4. The van der Waals surface area contributed by atoms with Crippen molar-refractivity contribution >= 4 is 11.6 Å². The fourth-order valence-corrected chi connectivity index (χ4v) is 3.52. The number of morpholine rings is 1. The SMILES string of the molecule is c1nc(N2CCOCC2)cc(N2CCC3(CC2)CNC3)n1. The van der Waals surface area contributed by atoms with E-state index in [-0.39, 0.29) is 0 Å². The molecule has 4 rings (SSSR count). The number of anilines is 2. The number of aromatic nitrogens is 2. The van der Waals surface area contributed by atoms with Gasteiger partial charge in [-0.25, -0.2) is 9.97 Å². The highest BCUT2D eigenvalue weighted by molar-refractivity contribution is 5.50. The van der Waals surface area contributed by atoms with Gasteiger partial charge in [0.1, 0.15) is 18.0 Å². The maximum absolute atomic E-state index is 5.41. The summed E-state index contributed by atoms with van der Waals surface area (Å²) < 4.78 is 5.41. The van der Waals surface area contributed by atoms with Gasteiger partial charge >= 0.3 is 0 Å². The van der Waals surface area contributed by atoms with Crippen LogP contribution in [0, 0.1) is 5.41 Å². The summed E-state index contributed by atoms with van der Waals surface area (Å²) in [4.78, 5) is 13.6. The molecule has 0 bridgehead atoms. The standard InChI is InChI=1S/C15H23N5O/c1-3-19(4-2-15(1)10-16-11-15)13-9-14(18-12-17-13)20-5-7-21-8-6-20/h9,12,16H,1-8,10-11H2. The predicted molar refractivity (Wildman–Crippen MR) is 81.8 cm³/mol. The highest BCUT2D eigenvalue weighted by atomic mass is 16.5. The number of piperidine rings is 1. The van der Waals surface area contributed by atoms with Crippen LogP contribution in [0.3, 0.4) is 0 Å². The minimum Gasteiger partial charge on any atom is -0.378 e. The first kappa shape index (κ1) is 13.3. The van der Waals surface area contributed by atoms with E-state index >= 15 is 0 Å². The molecule has 1 spiro atoms. The number of rotatable bonds is 2. The van der Waals surface area contributed by atoms with Crippen molar-refractivity contribution in [3.63, 3.8) is 0 Å². The van der Waals surface area contributed by atoms with E-state index in [4.69, 9.17) is 4.74 Å². The topological polar surface area (TPSA) is 53.5 Å². The van der Waals surface area contributed by atoms with Gasteiger partial charge in [0.15, 0.2) is 0 Å². The molecule has 0 aromatic carbocycles. The summed E-state index contributed by atoms with van der Waals surface area (Å²) in [5, 5.41) is 3.42. The first-order valence-electron chi connectivity index (χ1n) is 7.95. The second kappa shape index (κ2) is 5.42. The first-order valence-corrected chi connectivity index (χ1v) is 7.95. The van der Waals surface area contributed by atoms with Crippen LogP contribution in [0.5, 0.6) is 0 Å². The minimum atomic E-state index is 0.580. The first-order chi connectivity index (χ1) is 10.3. The molecule has 6 heteroatoms. The van der Waals surface area contributed by atoms with Gasteiger partial charge in [-0.3, -0.25) is 0 Å². The monoisotopic (exact) mass is 289 g/mol. The van der Waals surface area contributed by atoms with E-state index in [1.54, 1.807) is 6.33 Å². The molecule has 3 aliphatic rings. The van der Waals surface area contributed by atoms with Crippen molar-refractivity contribution in [3.8, 4) is 0 Å². The summed E-state index contributed by atoms with van der Waals surface area (Å²) in [6.07, 6.45) is 4.25. The van der Waals surface area contributed by atoms with Gasteiger partial charge in [-0.05, 0) is 18.3 Å². The number of nitrogens with one attached hydrogen (secondary N) is 1. The van der Waals surface area contributed by atoms with Gasteiger partial charge in [0, 0.05) is 45.3 Å². The van der Waals surface area contributed by atoms with Crippen LogP contribution >= 0.6 is 0 Å². The lowest BCUT2D eigenvalue weighted by atomic mass is 9.73. The van der Waals surface area contributed by atoms with E-state index in [2.05, 4.69) is 31.2 Å². The molecule has 4 heterocycles. The second-order valence-corrected chi connectivity index (χ2v) is 6.42. The molecule has 3 saturated heterocycles. The van der Waals surface area contributed by atoms with Crippen molar-refractivity contribution in [1.29, 1.82) is 0 Å². The summed E-state index contributed by atoms with van der Waals surface area (Å²) in [6.45, 7) is 8.05. The van der Waals surface area contributed by atoms with Crippen molar-refractivity contribution in [3.05, 3.63) is 12.4 Å². The Balaban J connectivity index is 1.45. The average Bonchev–Trinajstić information content (AvgIpc) is 2.54. The van der Waals surface area contributed by atoms with Crippen LogP contribution in [0.15, 0.2) is 12.4 Å². The number of hydrogen-bond acceptors (Lipinski definition) is 6. The third-order valence-corrected chi connectivity index (χ3v) is 5.12. The van der Waals surface area contributed by atoms with Crippen LogP contribution in [0.1, 0.15) is 12.8 Å². The van der Waals surface area contributed by atoms with Gasteiger partial charge < -0.3 is 19.9 Å². The molecule has 1 aromatic rings. The van der Waals surface area contributed by atoms with Crippen LogP contribution in [0.2, 0.25) is 0 Å². The van der Waals surface area contributed by atoms with Crippen LogP contribution in [-0.2, 0) is 4.74 Å². The minimum absolute atomic E-state index is 0.580. The lowest BCUT2D eigenvalue weighted by Gasteiger charge is -2.48. The molecule has 0 saturated carbocycles. The van der Waals surface area contributed by atoms with Crippen molar-refractivity contribution in [2.45, 2.75) is 12.8 Å². The number of ether oxygens (including phenoxy) is 1. The zero-order chi connectivity index (χ0) is 14.1. The molecule has 0 radical (unpaired) electrons. The highest BCUT2D eigenvalue weighted by Gasteiger charge is 2.39. The molecule has 1 aromatic heterocycles. The zero-order valence-electron chi connectivity index (χ0n) is 12.4. The largest absolute Gasteiger partial charge is 0.378 e. The highest BCUT2D eigenvalue weighted by Crippen LogP contribution is 2.36. The molecule has 0 amide bonds. The molecule has 3 aliphatic heterocycles. The lowest BCUT2D eigenvalue weighted by molar-refractivity contribution is 0.122. The van der Waals surface area contributed by atoms with E-state index < -0.39 is 0 Å². The summed E-state index contributed by atoms with van der Waals surface area (Å²) >= 11 is 0. The third-order valence-electron chi connectivity index (χ3n) is 5.12. The Morgan fingerprint density at radius 2 is 1.57 bits per heavy atom.